The Hall–Kier alpha value is -2.34. The molecule has 0 heterocycles. The predicted molar refractivity (Wildman–Crippen MR) is 118 cm³/mol. The van der Waals surface area contributed by atoms with Crippen LogP contribution in [0.25, 0.3) is 11.6 Å². The van der Waals surface area contributed by atoms with Gasteiger partial charge in [-0.05, 0) is 81.7 Å². The highest BCUT2D eigenvalue weighted by atomic mass is 14.4. The molecule has 27 heavy (non-hydrogen) atoms. The number of hydrogen-bond acceptors (Lipinski definition) is 0. The van der Waals surface area contributed by atoms with Crippen molar-refractivity contribution in [2.45, 2.75) is 53.9 Å². The van der Waals surface area contributed by atoms with E-state index in [2.05, 4.69) is 83.7 Å². The molecule has 2 aliphatic carbocycles. The van der Waals surface area contributed by atoms with Gasteiger partial charge in [0.1, 0.15) is 0 Å². The van der Waals surface area contributed by atoms with Crippen molar-refractivity contribution in [2.75, 3.05) is 0 Å². The van der Waals surface area contributed by atoms with Crippen LogP contribution in [0.1, 0.15) is 61.1 Å². The first-order chi connectivity index (χ1) is 12.8. The molecule has 0 aromatic heterocycles. The van der Waals surface area contributed by atoms with Crippen molar-refractivity contribution in [2.24, 2.45) is 5.41 Å². The Kier molecular flexibility index (Phi) is 4.26. The lowest BCUT2D eigenvalue weighted by molar-refractivity contribution is 0.487. The Bertz CT molecular complexity index is 1000. The summed E-state index contributed by atoms with van der Waals surface area (Å²) in [5.41, 5.74) is 14.2. The number of rotatable bonds is 2. The van der Waals surface area contributed by atoms with Gasteiger partial charge >= 0.3 is 0 Å². The summed E-state index contributed by atoms with van der Waals surface area (Å²) in [6.45, 7) is 16.1. The first kappa shape index (κ1) is 18.0. The van der Waals surface area contributed by atoms with E-state index in [-0.39, 0.29) is 5.41 Å². The monoisotopic (exact) mass is 354 g/mol. The standard InChI is InChI=1S/C27H30/c1-7-19-15-24-18(3)26(23-13-20-10-8-9-11-21(20)14-23)25(27(4,5)6)16-22(24)12-17(19)2/h8-13,15H,3,7,14,16H2,1-2,4-6H3. The van der Waals surface area contributed by atoms with Crippen molar-refractivity contribution < 1.29 is 0 Å². The van der Waals surface area contributed by atoms with Gasteiger partial charge in [-0.3, -0.25) is 0 Å². The summed E-state index contributed by atoms with van der Waals surface area (Å²) in [6.07, 6.45) is 5.52. The molecule has 0 fully saturated rings. The van der Waals surface area contributed by atoms with E-state index in [1.54, 1.807) is 0 Å². The van der Waals surface area contributed by atoms with E-state index < -0.39 is 0 Å². The van der Waals surface area contributed by atoms with Gasteiger partial charge in [0.25, 0.3) is 0 Å². The van der Waals surface area contributed by atoms with Crippen molar-refractivity contribution in [1.29, 1.82) is 0 Å². The molecule has 0 saturated carbocycles. The lowest BCUT2D eigenvalue weighted by Gasteiger charge is -2.34. The van der Waals surface area contributed by atoms with Crippen LogP contribution in [0.15, 0.2) is 59.7 Å². The van der Waals surface area contributed by atoms with Crippen LogP contribution in [0, 0.1) is 12.3 Å². The summed E-state index contributed by atoms with van der Waals surface area (Å²) in [7, 11) is 0. The molecule has 4 rings (SSSR count). The van der Waals surface area contributed by atoms with Crippen molar-refractivity contribution in [3.8, 4) is 0 Å². The summed E-state index contributed by atoms with van der Waals surface area (Å²) >= 11 is 0. The summed E-state index contributed by atoms with van der Waals surface area (Å²) in [5, 5.41) is 0. The summed E-state index contributed by atoms with van der Waals surface area (Å²) < 4.78 is 0. The van der Waals surface area contributed by atoms with Crippen LogP contribution < -0.4 is 0 Å². The SMILES string of the molecule is C=C1C(C2=Cc3ccccc3C2)=C(C(C)(C)C)Cc2cc(C)c(CC)cc21. The largest absolute Gasteiger partial charge is 0.0905 e. The lowest BCUT2D eigenvalue weighted by Crippen LogP contribution is -2.20. The van der Waals surface area contributed by atoms with Crippen LogP contribution in [-0.2, 0) is 19.3 Å². The predicted octanol–water partition coefficient (Wildman–Crippen LogP) is 7.11. The molecule has 2 aromatic rings. The molecule has 0 nitrogen and oxygen atoms in total. The first-order valence-corrected chi connectivity index (χ1v) is 10.1. The number of fused-ring (bicyclic) bond motifs is 2. The normalized spacial score (nSPS) is 16.3. The number of hydrogen-bond donors (Lipinski definition) is 0. The molecule has 0 aliphatic heterocycles. The van der Waals surface area contributed by atoms with Gasteiger partial charge in [-0.2, -0.15) is 0 Å². The zero-order valence-electron chi connectivity index (χ0n) is 17.4. The Morgan fingerprint density at radius 3 is 2.41 bits per heavy atom. The van der Waals surface area contributed by atoms with Gasteiger partial charge in [-0.25, -0.2) is 0 Å². The highest BCUT2D eigenvalue weighted by molar-refractivity contribution is 5.91. The van der Waals surface area contributed by atoms with Crippen LogP contribution in [0.2, 0.25) is 0 Å². The molecule has 0 heteroatoms. The van der Waals surface area contributed by atoms with Gasteiger partial charge in [-0.1, -0.05) is 82.3 Å². The maximum Gasteiger partial charge on any atom is -0.00135 e. The average Bonchev–Trinajstić information content (AvgIpc) is 3.03. The van der Waals surface area contributed by atoms with Gasteiger partial charge in [0.15, 0.2) is 0 Å². The van der Waals surface area contributed by atoms with Gasteiger partial charge < -0.3 is 0 Å². The molecule has 0 unspecified atom stereocenters. The van der Waals surface area contributed by atoms with E-state index in [1.165, 1.54) is 55.7 Å². The van der Waals surface area contributed by atoms with Crippen LogP contribution in [0.5, 0.6) is 0 Å². The zero-order chi connectivity index (χ0) is 19.3. The van der Waals surface area contributed by atoms with E-state index in [4.69, 9.17) is 0 Å². The van der Waals surface area contributed by atoms with Crippen LogP contribution in [0.4, 0.5) is 0 Å². The minimum atomic E-state index is 0.128. The Labute approximate surface area is 164 Å². The number of aryl methyl sites for hydroxylation is 2. The fourth-order valence-electron chi connectivity index (χ4n) is 4.68. The minimum Gasteiger partial charge on any atom is -0.0905 e. The molecule has 2 aliphatic rings. The van der Waals surface area contributed by atoms with Crippen molar-refractivity contribution in [3.05, 3.63) is 93.1 Å². The van der Waals surface area contributed by atoms with E-state index in [9.17, 15) is 0 Å². The fourth-order valence-corrected chi connectivity index (χ4v) is 4.68. The second kappa shape index (κ2) is 6.37. The average molecular weight is 355 g/mol. The molecule has 0 bridgehead atoms. The topological polar surface area (TPSA) is 0 Å². The summed E-state index contributed by atoms with van der Waals surface area (Å²) in [5.74, 6) is 0. The maximum absolute atomic E-state index is 4.61. The van der Waals surface area contributed by atoms with Crippen molar-refractivity contribution in [3.63, 3.8) is 0 Å². The molecular formula is C27H30. The second-order valence-corrected chi connectivity index (χ2v) is 9.09. The molecular weight excluding hydrogens is 324 g/mol. The first-order valence-electron chi connectivity index (χ1n) is 10.1. The van der Waals surface area contributed by atoms with Gasteiger partial charge in [0, 0.05) is 0 Å². The summed E-state index contributed by atoms with van der Waals surface area (Å²) in [6, 6.07) is 13.6. The molecule has 138 valence electrons. The number of benzene rings is 2. The molecule has 2 aromatic carbocycles. The van der Waals surface area contributed by atoms with Gasteiger partial charge in [0.2, 0.25) is 0 Å². The lowest BCUT2D eigenvalue weighted by atomic mass is 9.70. The molecule has 0 saturated heterocycles. The molecule has 0 spiro atoms. The van der Waals surface area contributed by atoms with E-state index >= 15 is 0 Å². The Balaban J connectivity index is 1.88. The Morgan fingerprint density at radius 2 is 1.74 bits per heavy atom. The van der Waals surface area contributed by atoms with Crippen molar-refractivity contribution >= 4 is 11.6 Å². The highest BCUT2D eigenvalue weighted by Gasteiger charge is 2.31. The van der Waals surface area contributed by atoms with Gasteiger partial charge in [0.05, 0.1) is 0 Å². The van der Waals surface area contributed by atoms with Crippen LogP contribution in [-0.4, -0.2) is 0 Å². The zero-order valence-corrected chi connectivity index (χ0v) is 17.4. The molecule has 0 amide bonds. The third kappa shape index (κ3) is 3.02. The van der Waals surface area contributed by atoms with E-state index in [0.717, 1.165) is 19.3 Å². The minimum absolute atomic E-state index is 0.128. The molecule has 0 N–H and O–H groups in total. The van der Waals surface area contributed by atoms with Gasteiger partial charge in [-0.15, -0.1) is 0 Å². The maximum atomic E-state index is 4.61. The van der Waals surface area contributed by atoms with Crippen LogP contribution in [0.3, 0.4) is 0 Å². The Morgan fingerprint density at radius 1 is 1.00 bits per heavy atom. The van der Waals surface area contributed by atoms with E-state index in [1.807, 2.05) is 0 Å². The van der Waals surface area contributed by atoms with E-state index in [0.29, 0.717) is 0 Å². The quantitative estimate of drug-likeness (QED) is 0.539. The van der Waals surface area contributed by atoms with Crippen molar-refractivity contribution in [1.82, 2.24) is 0 Å². The molecule has 0 atom stereocenters. The third-order valence-electron chi connectivity index (χ3n) is 6.23. The second-order valence-electron chi connectivity index (χ2n) is 9.09. The van der Waals surface area contributed by atoms with Crippen LogP contribution >= 0.6 is 0 Å². The number of allylic oxidation sites excluding steroid dienone is 4. The summed E-state index contributed by atoms with van der Waals surface area (Å²) in [4.78, 5) is 0. The molecule has 0 radical (unpaired) electrons. The third-order valence-corrected chi connectivity index (χ3v) is 6.23. The fraction of sp³-hybridized carbons (Fsp3) is 0.333. The highest BCUT2D eigenvalue weighted by Crippen LogP contribution is 2.47. The smallest absolute Gasteiger partial charge is 0.00135 e.